The molecule has 0 aromatic heterocycles. The van der Waals surface area contributed by atoms with E-state index in [-0.39, 0.29) is 32.6 Å². The van der Waals surface area contributed by atoms with Crippen LogP contribution in [0.3, 0.4) is 0 Å². The zero-order valence-corrected chi connectivity index (χ0v) is 35.0. The summed E-state index contributed by atoms with van der Waals surface area (Å²) in [7, 11) is -4.45. The van der Waals surface area contributed by atoms with Crippen LogP contribution in [0.5, 0.6) is 0 Å². The molecule has 0 aliphatic heterocycles. The first-order chi connectivity index (χ1) is 26.6. The third-order valence-electron chi connectivity index (χ3n) is 8.57. The predicted molar refractivity (Wildman–Crippen MR) is 222 cm³/mol. The van der Waals surface area contributed by atoms with Crippen LogP contribution in [0.4, 0.5) is 0 Å². The number of carbonyl (C=O) groups is 2. The Hall–Kier alpha value is -2.37. The molecular formula is C43H76NO10P. The lowest BCUT2D eigenvalue weighted by Gasteiger charge is -2.20. The second kappa shape index (κ2) is 38.5. The minimum absolute atomic E-state index is 0.0101. The maximum absolute atomic E-state index is 12.6. The van der Waals surface area contributed by atoms with E-state index < -0.39 is 44.7 Å². The van der Waals surface area contributed by atoms with E-state index in [4.69, 9.17) is 24.3 Å². The highest BCUT2D eigenvalue weighted by Crippen LogP contribution is 2.43. The monoisotopic (exact) mass is 798 g/mol. The normalized spacial score (nSPS) is 15.1. The van der Waals surface area contributed by atoms with E-state index in [1.54, 1.807) is 36.5 Å². The molecule has 4 atom stereocenters. The van der Waals surface area contributed by atoms with E-state index in [0.717, 1.165) is 44.9 Å². The van der Waals surface area contributed by atoms with Crippen molar-refractivity contribution in [1.82, 2.24) is 0 Å². The molecule has 0 aliphatic carbocycles. The Labute approximate surface area is 333 Å². The minimum Gasteiger partial charge on any atom is -0.462 e. The van der Waals surface area contributed by atoms with Crippen LogP contribution in [0, 0.1) is 0 Å². The molecule has 12 heteroatoms. The third-order valence-corrected chi connectivity index (χ3v) is 9.55. The van der Waals surface area contributed by atoms with Gasteiger partial charge in [0.05, 0.1) is 25.4 Å². The molecule has 0 bridgehead atoms. The molecule has 0 radical (unpaired) electrons. The summed E-state index contributed by atoms with van der Waals surface area (Å²) >= 11 is 0. The molecule has 0 spiro atoms. The summed E-state index contributed by atoms with van der Waals surface area (Å²) in [6.45, 7) is 3.35. The first kappa shape index (κ1) is 52.6. The molecule has 0 rings (SSSR count). The predicted octanol–water partition coefficient (Wildman–Crippen LogP) is 9.66. The lowest BCUT2D eigenvalue weighted by Crippen LogP contribution is -2.29. The van der Waals surface area contributed by atoms with Crippen molar-refractivity contribution >= 4 is 19.8 Å². The fraction of sp³-hybridized carbons (Fsp3) is 0.721. The summed E-state index contributed by atoms with van der Waals surface area (Å²) in [5.41, 5.74) is 5.32. The summed E-state index contributed by atoms with van der Waals surface area (Å²) in [6.07, 6.45) is 37.4. The standard InChI is InChI=1S/C43H76NO10P/c1-3-5-7-9-11-12-13-14-15-16-17-18-19-21-27-33-42(47)51-37-41(38-53-55(49,50)52-36-35-44)54-43(48)34-28-32-40(46)31-26-23-22-25-30-39(45)29-24-20-10-8-6-4-2/h14-15,20,22-26,30-31,39-41,45-46H,3-13,16-19,21,27-29,32-38,44H2,1-2H3,(H,49,50)/b15-14-,23-22+,24-20-,30-25+,31-26-/t39-,40-,41+/m0/s1. The van der Waals surface area contributed by atoms with Crippen LogP contribution >= 0.6 is 7.82 Å². The number of rotatable bonds is 38. The number of esters is 2. The van der Waals surface area contributed by atoms with Gasteiger partial charge in [0, 0.05) is 19.4 Å². The fourth-order valence-corrected chi connectivity index (χ4v) is 6.12. The van der Waals surface area contributed by atoms with Gasteiger partial charge in [-0.05, 0) is 64.2 Å². The lowest BCUT2D eigenvalue weighted by molar-refractivity contribution is -0.161. The Bertz CT molecular complexity index is 1120. The number of unbranched alkanes of at least 4 members (excludes halogenated alkanes) is 14. The Kier molecular flexibility index (Phi) is 36.8. The van der Waals surface area contributed by atoms with Gasteiger partial charge in [0.25, 0.3) is 0 Å². The molecule has 0 amide bonds. The van der Waals surface area contributed by atoms with E-state index in [0.29, 0.717) is 25.7 Å². The Morgan fingerprint density at radius 2 is 1.16 bits per heavy atom. The smallest absolute Gasteiger partial charge is 0.462 e. The van der Waals surface area contributed by atoms with Gasteiger partial charge in [-0.2, -0.15) is 0 Å². The quantitative estimate of drug-likeness (QED) is 0.0154. The van der Waals surface area contributed by atoms with Crippen LogP contribution in [-0.2, 0) is 32.7 Å². The molecule has 0 aliphatic rings. The average molecular weight is 798 g/mol. The van der Waals surface area contributed by atoms with Gasteiger partial charge in [-0.15, -0.1) is 0 Å². The maximum atomic E-state index is 12.6. The van der Waals surface area contributed by atoms with Crippen molar-refractivity contribution in [1.29, 1.82) is 0 Å². The number of nitrogens with two attached hydrogens (primary N) is 1. The number of ether oxygens (including phenoxy) is 2. The molecule has 5 N–H and O–H groups in total. The van der Waals surface area contributed by atoms with Gasteiger partial charge >= 0.3 is 19.8 Å². The molecule has 0 aromatic rings. The highest BCUT2D eigenvalue weighted by atomic mass is 31.2. The van der Waals surface area contributed by atoms with E-state index in [1.807, 2.05) is 6.08 Å². The fourth-order valence-electron chi connectivity index (χ4n) is 5.35. The number of aliphatic hydroxyl groups is 2. The van der Waals surface area contributed by atoms with Crippen LogP contribution in [-0.4, -0.2) is 71.7 Å². The Balaban J connectivity index is 4.48. The highest BCUT2D eigenvalue weighted by Gasteiger charge is 2.26. The van der Waals surface area contributed by atoms with Gasteiger partial charge < -0.3 is 30.3 Å². The molecule has 55 heavy (non-hydrogen) atoms. The molecule has 0 saturated carbocycles. The number of hydrogen-bond donors (Lipinski definition) is 4. The SMILES string of the molecule is CCCCC/C=C\C[C@H](O)/C=C/C=C/C=C\[C@H](O)CCCC(=O)O[C@H](COC(=O)CCCCCCC/C=C\CCCCCCCC)COP(=O)(O)OCCN. The summed E-state index contributed by atoms with van der Waals surface area (Å²) in [4.78, 5) is 34.8. The first-order valence-corrected chi connectivity index (χ1v) is 22.5. The average Bonchev–Trinajstić information content (AvgIpc) is 3.16. The molecule has 1 unspecified atom stereocenters. The highest BCUT2D eigenvalue weighted by molar-refractivity contribution is 7.47. The summed E-state index contributed by atoms with van der Waals surface area (Å²) < 4.78 is 32.5. The van der Waals surface area contributed by atoms with E-state index in [1.165, 1.54) is 57.8 Å². The number of carbonyl (C=O) groups excluding carboxylic acids is 2. The van der Waals surface area contributed by atoms with Crippen LogP contribution in [0.15, 0.2) is 60.8 Å². The number of phosphoric acid groups is 1. The van der Waals surface area contributed by atoms with Crippen LogP contribution in [0.2, 0.25) is 0 Å². The van der Waals surface area contributed by atoms with Gasteiger partial charge in [-0.1, -0.05) is 139 Å². The second-order valence-electron chi connectivity index (χ2n) is 13.9. The molecule has 11 nitrogen and oxygen atoms in total. The van der Waals surface area contributed by atoms with Crippen LogP contribution < -0.4 is 5.73 Å². The molecule has 0 saturated heterocycles. The largest absolute Gasteiger partial charge is 0.472 e. The number of phosphoric ester groups is 1. The maximum Gasteiger partial charge on any atom is 0.472 e. The van der Waals surface area contributed by atoms with Gasteiger partial charge in [0.15, 0.2) is 6.10 Å². The van der Waals surface area contributed by atoms with Gasteiger partial charge in [0.2, 0.25) is 0 Å². The zero-order chi connectivity index (χ0) is 40.7. The van der Waals surface area contributed by atoms with Crippen molar-refractivity contribution in [3.63, 3.8) is 0 Å². The number of allylic oxidation sites excluding steroid dienone is 7. The van der Waals surface area contributed by atoms with Gasteiger partial charge in [-0.3, -0.25) is 18.6 Å². The molecule has 0 aromatic carbocycles. The van der Waals surface area contributed by atoms with Crippen molar-refractivity contribution in [3.05, 3.63) is 60.8 Å². The minimum atomic E-state index is -4.45. The molecule has 0 heterocycles. The summed E-state index contributed by atoms with van der Waals surface area (Å²) in [5, 5.41) is 20.3. The second-order valence-corrected chi connectivity index (χ2v) is 15.4. The van der Waals surface area contributed by atoms with Gasteiger partial charge in [0.1, 0.15) is 6.61 Å². The molecule has 0 fully saturated rings. The van der Waals surface area contributed by atoms with Crippen molar-refractivity contribution in [2.24, 2.45) is 5.73 Å². The van der Waals surface area contributed by atoms with Crippen molar-refractivity contribution in [2.45, 2.75) is 173 Å². The van der Waals surface area contributed by atoms with E-state index in [9.17, 15) is 29.3 Å². The van der Waals surface area contributed by atoms with Crippen molar-refractivity contribution in [3.8, 4) is 0 Å². The van der Waals surface area contributed by atoms with Crippen LogP contribution in [0.25, 0.3) is 0 Å². The van der Waals surface area contributed by atoms with E-state index >= 15 is 0 Å². The van der Waals surface area contributed by atoms with Gasteiger partial charge in [-0.25, -0.2) is 4.57 Å². The van der Waals surface area contributed by atoms with E-state index in [2.05, 4.69) is 32.1 Å². The summed E-state index contributed by atoms with van der Waals surface area (Å²) in [6, 6.07) is 0. The molecular weight excluding hydrogens is 721 g/mol. The third kappa shape index (κ3) is 38.3. The number of aliphatic hydroxyl groups excluding tert-OH is 2. The Morgan fingerprint density at radius 3 is 1.80 bits per heavy atom. The zero-order valence-electron chi connectivity index (χ0n) is 34.1. The first-order valence-electron chi connectivity index (χ1n) is 21.0. The van der Waals surface area contributed by atoms with Crippen molar-refractivity contribution in [2.75, 3.05) is 26.4 Å². The summed E-state index contributed by atoms with van der Waals surface area (Å²) in [5.74, 6) is -1.08. The van der Waals surface area contributed by atoms with Crippen molar-refractivity contribution < 1.29 is 47.8 Å². The topological polar surface area (TPSA) is 175 Å². The van der Waals surface area contributed by atoms with Crippen LogP contribution in [0.1, 0.15) is 155 Å². The number of hydrogen-bond acceptors (Lipinski definition) is 10. The Morgan fingerprint density at radius 1 is 0.636 bits per heavy atom. The molecule has 318 valence electrons. The lowest BCUT2D eigenvalue weighted by atomic mass is 10.1.